The van der Waals surface area contributed by atoms with Crippen LogP contribution < -0.4 is 10.2 Å². The molecule has 0 saturated carbocycles. The minimum atomic E-state index is -3.27. The number of hydrogen-bond donors (Lipinski definition) is 1. The number of sulfonamides is 1. The Morgan fingerprint density at radius 2 is 1.55 bits per heavy atom. The first-order valence-corrected chi connectivity index (χ1v) is 9.18. The molecule has 1 aliphatic heterocycles. The third-order valence-corrected chi connectivity index (χ3v) is 5.67. The van der Waals surface area contributed by atoms with E-state index >= 15 is 0 Å². The maximum absolute atomic E-state index is 11.8. The number of hydrogen-bond acceptors (Lipinski definition) is 4. The summed E-state index contributed by atoms with van der Waals surface area (Å²) in [5.74, 6) is 0.117. The van der Waals surface area contributed by atoms with Crippen LogP contribution in [0.4, 0.5) is 5.69 Å². The molecule has 0 aromatic heterocycles. The first-order chi connectivity index (χ1) is 10.1. The Balaban J connectivity index is 2.11. The van der Waals surface area contributed by atoms with Crippen LogP contribution in [0.5, 0.6) is 0 Å². The van der Waals surface area contributed by atoms with Gasteiger partial charge in [-0.25, -0.2) is 8.42 Å². The van der Waals surface area contributed by atoms with E-state index in [9.17, 15) is 8.42 Å². The quantitative estimate of drug-likeness (QED) is 0.843. The van der Waals surface area contributed by atoms with E-state index in [1.807, 2.05) is 46.8 Å². The van der Waals surface area contributed by atoms with Gasteiger partial charge < -0.3 is 9.31 Å². The average Bonchev–Trinajstić information content (AvgIpc) is 2.58. The highest BCUT2D eigenvalue weighted by molar-refractivity contribution is 7.92. The van der Waals surface area contributed by atoms with Crippen molar-refractivity contribution in [3.05, 3.63) is 24.3 Å². The van der Waals surface area contributed by atoms with Crippen LogP contribution in [0.1, 0.15) is 41.0 Å². The van der Waals surface area contributed by atoms with Gasteiger partial charge in [0.15, 0.2) is 0 Å². The Morgan fingerprint density at radius 1 is 1.05 bits per heavy atom. The molecule has 1 N–H and O–H groups in total. The molecule has 2 rings (SSSR count). The minimum Gasteiger partial charge on any atom is -0.399 e. The highest BCUT2D eigenvalue weighted by atomic mass is 32.2. The molecule has 22 heavy (non-hydrogen) atoms. The first-order valence-electron chi connectivity index (χ1n) is 7.52. The number of nitrogens with one attached hydrogen (secondary N) is 1. The molecule has 1 saturated heterocycles. The molecular formula is C15H24BNO4S. The lowest BCUT2D eigenvalue weighted by Gasteiger charge is -2.32. The van der Waals surface area contributed by atoms with Crippen molar-refractivity contribution in [2.24, 2.45) is 0 Å². The van der Waals surface area contributed by atoms with Crippen LogP contribution in [-0.4, -0.2) is 32.5 Å². The van der Waals surface area contributed by atoms with Crippen molar-refractivity contribution in [1.29, 1.82) is 0 Å². The summed E-state index contributed by atoms with van der Waals surface area (Å²) in [4.78, 5) is 0. The molecule has 0 aliphatic carbocycles. The predicted octanol–water partition coefficient (Wildman–Crippen LogP) is 2.14. The van der Waals surface area contributed by atoms with Crippen LogP contribution in [0, 0.1) is 0 Å². The standard InChI is InChI=1S/C15H24BNO4S/c1-6-11-22(18,19)17-13-9-7-12(8-10-13)16-20-14(2,3)15(4,5)21-16/h7-10,17H,6,11H2,1-5H3. The third-order valence-electron chi connectivity index (χ3n) is 4.18. The van der Waals surface area contributed by atoms with Crippen molar-refractivity contribution in [1.82, 2.24) is 0 Å². The molecule has 0 spiro atoms. The lowest BCUT2D eigenvalue weighted by Crippen LogP contribution is -2.41. The molecule has 1 aromatic carbocycles. The van der Waals surface area contributed by atoms with Gasteiger partial charge in [-0.05, 0) is 51.7 Å². The molecule has 5 nitrogen and oxygen atoms in total. The summed E-state index contributed by atoms with van der Waals surface area (Å²) in [7, 11) is -3.70. The van der Waals surface area contributed by atoms with Crippen molar-refractivity contribution in [3.8, 4) is 0 Å². The normalized spacial score (nSPS) is 20.1. The number of anilines is 1. The van der Waals surface area contributed by atoms with Gasteiger partial charge in [0.05, 0.1) is 17.0 Å². The zero-order valence-corrected chi connectivity index (χ0v) is 14.7. The van der Waals surface area contributed by atoms with E-state index in [1.165, 1.54) is 0 Å². The van der Waals surface area contributed by atoms with E-state index in [-0.39, 0.29) is 17.0 Å². The summed E-state index contributed by atoms with van der Waals surface area (Å²) in [5.41, 5.74) is 0.642. The number of benzene rings is 1. The smallest absolute Gasteiger partial charge is 0.399 e. The highest BCUT2D eigenvalue weighted by Gasteiger charge is 2.51. The molecule has 0 amide bonds. The molecule has 122 valence electrons. The Bertz CT molecular complexity index is 609. The van der Waals surface area contributed by atoms with Gasteiger partial charge in [0.1, 0.15) is 0 Å². The first kappa shape index (κ1) is 17.3. The average molecular weight is 325 g/mol. The predicted molar refractivity (Wildman–Crippen MR) is 89.9 cm³/mol. The molecule has 1 fully saturated rings. The van der Waals surface area contributed by atoms with Crippen LogP contribution in [-0.2, 0) is 19.3 Å². The summed E-state index contributed by atoms with van der Waals surface area (Å²) in [6.07, 6.45) is 0.585. The summed E-state index contributed by atoms with van der Waals surface area (Å²) in [5, 5.41) is 0. The van der Waals surface area contributed by atoms with Crippen LogP contribution in [0.15, 0.2) is 24.3 Å². The van der Waals surface area contributed by atoms with Crippen LogP contribution in [0.3, 0.4) is 0 Å². The fraction of sp³-hybridized carbons (Fsp3) is 0.600. The summed E-state index contributed by atoms with van der Waals surface area (Å²) < 4.78 is 38.0. The maximum Gasteiger partial charge on any atom is 0.494 e. The van der Waals surface area contributed by atoms with Gasteiger partial charge in [-0.1, -0.05) is 19.1 Å². The topological polar surface area (TPSA) is 64.6 Å². The Morgan fingerprint density at radius 3 is 2.00 bits per heavy atom. The van der Waals surface area contributed by atoms with Gasteiger partial charge in [-0.3, -0.25) is 4.72 Å². The Hall–Kier alpha value is -1.05. The van der Waals surface area contributed by atoms with Gasteiger partial charge >= 0.3 is 7.12 Å². The van der Waals surface area contributed by atoms with E-state index in [1.54, 1.807) is 12.1 Å². The third kappa shape index (κ3) is 3.64. The molecule has 0 radical (unpaired) electrons. The van der Waals surface area contributed by atoms with Gasteiger partial charge in [-0.2, -0.15) is 0 Å². The highest BCUT2D eigenvalue weighted by Crippen LogP contribution is 2.36. The molecule has 0 unspecified atom stereocenters. The maximum atomic E-state index is 11.8. The largest absolute Gasteiger partial charge is 0.494 e. The molecular weight excluding hydrogens is 301 g/mol. The molecule has 0 atom stereocenters. The van der Waals surface area contributed by atoms with Gasteiger partial charge in [-0.15, -0.1) is 0 Å². The van der Waals surface area contributed by atoms with Gasteiger partial charge in [0, 0.05) is 5.69 Å². The zero-order valence-electron chi connectivity index (χ0n) is 13.8. The van der Waals surface area contributed by atoms with E-state index in [4.69, 9.17) is 9.31 Å². The molecule has 1 heterocycles. The van der Waals surface area contributed by atoms with E-state index < -0.39 is 17.1 Å². The second-order valence-corrected chi connectivity index (χ2v) is 8.47. The summed E-state index contributed by atoms with van der Waals surface area (Å²) in [6, 6.07) is 7.11. The second-order valence-electron chi connectivity index (χ2n) is 6.63. The van der Waals surface area contributed by atoms with Gasteiger partial charge in [0.25, 0.3) is 0 Å². The van der Waals surface area contributed by atoms with Crippen molar-refractivity contribution in [2.45, 2.75) is 52.2 Å². The second kappa shape index (κ2) is 5.87. The van der Waals surface area contributed by atoms with Crippen molar-refractivity contribution in [3.63, 3.8) is 0 Å². The van der Waals surface area contributed by atoms with E-state index in [0.717, 1.165) is 5.46 Å². The van der Waals surface area contributed by atoms with Gasteiger partial charge in [0.2, 0.25) is 10.0 Å². The molecule has 1 aliphatic rings. The molecule has 7 heteroatoms. The molecule has 0 bridgehead atoms. The summed E-state index contributed by atoms with van der Waals surface area (Å²) in [6.45, 7) is 9.83. The molecule has 1 aromatic rings. The summed E-state index contributed by atoms with van der Waals surface area (Å²) >= 11 is 0. The van der Waals surface area contributed by atoms with Crippen LogP contribution in [0.25, 0.3) is 0 Å². The monoisotopic (exact) mass is 325 g/mol. The minimum absolute atomic E-state index is 0.117. The van der Waals surface area contributed by atoms with Crippen molar-refractivity contribution in [2.75, 3.05) is 10.5 Å². The SMILES string of the molecule is CCCS(=O)(=O)Nc1ccc(B2OC(C)(C)C(C)(C)O2)cc1. The number of rotatable bonds is 5. The van der Waals surface area contributed by atoms with Crippen LogP contribution >= 0.6 is 0 Å². The fourth-order valence-corrected chi connectivity index (χ4v) is 3.32. The lowest BCUT2D eigenvalue weighted by atomic mass is 9.79. The van der Waals surface area contributed by atoms with Crippen molar-refractivity contribution < 1.29 is 17.7 Å². The Labute approximate surface area is 133 Å². The zero-order chi connectivity index (χ0) is 16.6. The van der Waals surface area contributed by atoms with Crippen LogP contribution in [0.2, 0.25) is 0 Å². The van der Waals surface area contributed by atoms with E-state index in [2.05, 4.69) is 4.72 Å². The Kier molecular flexibility index (Phi) is 4.62. The van der Waals surface area contributed by atoms with Crippen molar-refractivity contribution >= 4 is 28.3 Å². The lowest BCUT2D eigenvalue weighted by molar-refractivity contribution is 0.00578. The van der Waals surface area contributed by atoms with E-state index in [0.29, 0.717) is 12.1 Å². The fourth-order valence-electron chi connectivity index (χ4n) is 2.19.